The zero-order valence-corrected chi connectivity index (χ0v) is 25.4. The second-order valence-electron chi connectivity index (χ2n) is 12.0. The minimum Gasteiger partial charge on any atom is -0.277 e. The van der Waals surface area contributed by atoms with Gasteiger partial charge in [-0.05, 0) is 61.9 Å². The van der Waals surface area contributed by atoms with Gasteiger partial charge in [-0.25, -0.2) is 4.98 Å². The third-order valence-corrected chi connectivity index (χ3v) is 14.5. The molecule has 0 N–H and O–H groups in total. The maximum absolute atomic E-state index is 5.24. The number of hydrogen-bond donors (Lipinski definition) is 0. The van der Waals surface area contributed by atoms with Crippen molar-refractivity contribution >= 4 is 83.7 Å². The number of benzene rings is 7. The van der Waals surface area contributed by atoms with Crippen LogP contribution < -0.4 is 20.7 Å². The number of fused-ring (bicyclic) bond motifs is 9. The van der Waals surface area contributed by atoms with Crippen molar-refractivity contribution in [3.63, 3.8) is 0 Å². The maximum atomic E-state index is 5.24. The summed E-state index contributed by atoms with van der Waals surface area (Å²) in [6.07, 6.45) is 0. The van der Waals surface area contributed by atoms with Gasteiger partial charge in [-0.15, -0.1) is 0 Å². The van der Waals surface area contributed by atoms with E-state index in [-0.39, 0.29) is 0 Å². The van der Waals surface area contributed by atoms with Gasteiger partial charge in [0.1, 0.15) is 0 Å². The van der Waals surface area contributed by atoms with E-state index in [9.17, 15) is 0 Å². The van der Waals surface area contributed by atoms with Gasteiger partial charge < -0.3 is 0 Å². The van der Waals surface area contributed by atoms with Gasteiger partial charge in [0.05, 0.1) is 27.6 Å². The van der Waals surface area contributed by atoms with Crippen LogP contribution >= 0.6 is 0 Å². The van der Waals surface area contributed by atoms with Crippen LogP contribution in [0.5, 0.6) is 0 Å². The molecule has 0 radical (unpaired) electrons. The minimum atomic E-state index is -2.77. The molecular formula is C41H27N3Si. The topological polar surface area (TPSA) is 21.7 Å². The van der Waals surface area contributed by atoms with Crippen LogP contribution in [-0.4, -0.2) is 21.9 Å². The summed E-state index contributed by atoms with van der Waals surface area (Å²) in [6.45, 7) is 0. The fourth-order valence-electron chi connectivity index (χ4n) is 7.87. The Morgan fingerprint density at radius 3 is 1.60 bits per heavy atom. The first-order valence-corrected chi connectivity index (χ1v) is 17.5. The Morgan fingerprint density at radius 1 is 0.400 bits per heavy atom. The number of rotatable bonds is 4. The molecule has 0 fully saturated rings. The van der Waals surface area contributed by atoms with Crippen molar-refractivity contribution in [3.8, 4) is 0 Å². The van der Waals surface area contributed by atoms with Crippen molar-refractivity contribution < 1.29 is 0 Å². The van der Waals surface area contributed by atoms with Gasteiger partial charge in [-0.1, -0.05) is 133 Å². The Kier molecular flexibility index (Phi) is 5.02. The molecule has 0 amide bonds. The summed E-state index contributed by atoms with van der Waals surface area (Å²) in [4.78, 5) is 5.24. The molecule has 4 heteroatoms. The molecule has 7 aromatic carbocycles. The van der Waals surface area contributed by atoms with E-state index in [2.05, 4.69) is 173 Å². The lowest BCUT2D eigenvalue weighted by Crippen LogP contribution is -2.74. The van der Waals surface area contributed by atoms with Crippen molar-refractivity contribution in [1.29, 1.82) is 0 Å². The lowest BCUT2D eigenvalue weighted by Gasteiger charge is -2.34. The lowest BCUT2D eigenvalue weighted by atomic mass is 10.1. The SMILES string of the molecule is c1ccc([Si](c2ccccc2)(c2ccccc2)c2cc3c4cc5ccccc5cc4n4c3c(c2)n2c3ccccc3nc24)cc1. The molecule has 0 unspecified atom stereocenters. The van der Waals surface area contributed by atoms with Gasteiger partial charge in [-0.3, -0.25) is 8.80 Å². The normalized spacial score (nSPS) is 12.4. The van der Waals surface area contributed by atoms with Crippen LogP contribution in [0, 0.1) is 0 Å². The summed E-state index contributed by atoms with van der Waals surface area (Å²) >= 11 is 0. The van der Waals surface area contributed by atoms with E-state index in [1.165, 1.54) is 58.8 Å². The number of nitrogens with zero attached hydrogens (tertiary/aromatic N) is 3. The van der Waals surface area contributed by atoms with Crippen LogP contribution in [0.1, 0.15) is 0 Å². The molecule has 0 aliphatic rings. The van der Waals surface area contributed by atoms with Crippen LogP contribution in [0.3, 0.4) is 0 Å². The van der Waals surface area contributed by atoms with Gasteiger partial charge in [0.2, 0.25) is 5.78 Å². The molecule has 0 saturated carbocycles. The van der Waals surface area contributed by atoms with E-state index in [1.807, 2.05) is 0 Å². The largest absolute Gasteiger partial charge is 0.277 e. The van der Waals surface area contributed by atoms with Crippen LogP contribution in [0.15, 0.2) is 164 Å². The lowest BCUT2D eigenvalue weighted by molar-refractivity contribution is 1.22. The molecule has 0 spiro atoms. The van der Waals surface area contributed by atoms with E-state index in [0.717, 1.165) is 16.8 Å². The van der Waals surface area contributed by atoms with Gasteiger partial charge in [0, 0.05) is 10.8 Å². The van der Waals surface area contributed by atoms with Crippen LogP contribution in [0.2, 0.25) is 0 Å². The van der Waals surface area contributed by atoms with E-state index < -0.39 is 8.07 Å². The highest BCUT2D eigenvalue weighted by molar-refractivity contribution is 7.20. The Balaban J connectivity index is 1.47. The molecule has 3 nitrogen and oxygen atoms in total. The Morgan fingerprint density at radius 2 is 0.956 bits per heavy atom. The molecule has 0 bridgehead atoms. The first-order valence-electron chi connectivity index (χ1n) is 15.5. The summed E-state index contributed by atoms with van der Waals surface area (Å²) in [7, 11) is -2.77. The smallest absolute Gasteiger partial charge is 0.220 e. The molecule has 0 atom stereocenters. The molecule has 210 valence electrons. The zero-order valence-electron chi connectivity index (χ0n) is 24.4. The molecular weight excluding hydrogens is 563 g/mol. The predicted molar refractivity (Wildman–Crippen MR) is 191 cm³/mol. The Labute approximate surface area is 260 Å². The highest BCUT2D eigenvalue weighted by Crippen LogP contribution is 2.38. The zero-order chi connectivity index (χ0) is 29.5. The first-order chi connectivity index (χ1) is 22.3. The summed E-state index contributed by atoms with van der Waals surface area (Å²) < 4.78 is 4.78. The first kappa shape index (κ1) is 24.7. The molecule has 10 rings (SSSR count). The Hall–Kier alpha value is -5.71. The molecule has 0 aliphatic heterocycles. The molecule has 10 aromatic rings. The summed E-state index contributed by atoms with van der Waals surface area (Å²) in [5.74, 6) is 0.963. The minimum absolute atomic E-state index is 0.963. The number of aromatic nitrogens is 3. The van der Waals surface area contributed by atoms with Crippen LogP contribution in [0.4, 0.5) is 0 Å². The quantitative estimate of drug-likeness (QED) is 0.160. The fraction of sp³-hybridized carbons (Fsp3) is 0. The van der Waals surface area contributed by atoms with Crippen molar-refractivity contribution in [1.82, 2.24) is 13.8 Å². The van der Waals surface area contributed by atoms with Crippen LogP contribution in [0.25, 0.3) is 54.9 Å². The number of hydrogen-bond acceptors (Lipinski definition) is 1. The summed E-state index contributed by atoms with van der Waals surface area (Å²) in [5.41, 5.74) is 5.77. The third kappa shape index (κ3) is 3.26. The highest BCUT2D eigenvalue weighted by atomic mass is 28.3. The third-order valence-electron chi connectivity index (χ3n) is 9.75. The summed E-state index contributed by atoms with van der Waals surface area (Å²) in [5, 5.41) is 10.5. The molecule has 0 saturated heterocycles. The van der Waals surface area contributed by atoms with E-state index >= 15 is 0 Å². The van der Waals surface area contributed by atoms with Gasteiger partial charge in [-0.2, -0.15) is 0 Å². The van der Waals surface area contributed by atoms with Gasteiger partial charge in [0.25, 0.3) is 0 Å². The fourth-order valence-corrected chi connectivity index (χ4v) is 12.7. The maximum Gasteiger partial charge on any atom is 0.220 e. The molecule has 0 aliphatic carbocycles. The van der Waals surface area contributed by atoms with Crippen molar-refractivity contribution in [3.05, 3.63) is 164 Å². The Bertz CT molecular complexity index is 2590. The van der Waals surface area contributed by atoms with Crippen LogP contribution in [-0.2, 0) is 0 Å². The molecule has 3 aromatic heterocycles. The standard InChI is InChI=1S/C41H27N3Si/c1-4-16-30(17-5-1)45(31-18-6-2-7-19-31,32-20-8-3-9-21-32)33-26-35-34-24-28-14-10-11-15-29(28)25-38(34)44-40(35)39(27-33)43-37-23-13-12-22-36(37)42-41(43)44/h1-27H. The average Bonchev–Trinajstić information content (AvgIpc) is 3.75. The molecule has 45 heavy (non-hydrogen) atoms. The van der Waals surface area contributed by atoms with Gasteiger partial charge >= 0.3 is 0 Å². The highest BCUT2D eigenvalue weighted by Gasteiger charge is 2.42. The molecule has 3 heterocycles. The van der Waals surface area contributed by atoms with Crippen molar-refractivity contribution in [2.45, 2.75) is 0 Å². The van der Waals surface area contributed by atoms with Crippen molar-refractivity contribution in [2.24, 2.45) is 0 Å². The van der Waals surface area contributed by atoms with Crippen molar-refractivity contribution in [2.75, 3.05) is 0 Å². The average molecular weight is 590 g/mol. The number of para-hydroxylation sites is 2. The van der Waals surface area contributed by atoms with E-state index in [0.29, 0.717) is 0 Å². The monoisotopic (exact) mass is 589 g/mol. The van der Waals surface area contributed by atoms with E-state index in [1.54, 1.807) is 0 Å². The second-order valence-corrected chi connectivity index (χ2v) is 15.8. The second kappa shape index (κ2) is 9.15. The van der Waals surface area contributed by atoms with Gasteiger partial charge in [0.15, 0.2) is 8.07 Å². The predicted octanol–water partition coefficient (Wildman–Crippen LogP) is 7.02. The summed E-state index contributed by atoms with van der Waals surface area (Å²) in [6, 6.07) is 60.5. The van der Waals surface area contributed by atoms with E-state index in [4.69, 9.17) is 4.98 Å². The number of imidazole rings is 2.